The molecule has 1 aromatic rings. The van der Waals surface area contributed by atoms with Gasteiger partial charge in [-0.3, -0.25) is 4.90 Å². The molecule has 1 saturated heterocycles. The molecular weight excluding hydrogens is 466 g/mol. The Bertz CT molecular complexity index is 1120. The van der Waals surface area contributed by atoms with Crippen LogP contribution < -0.4 is 5.63 Å². The second-order valence-corrected chi connectivity index (χ2v) is 13.0. The zero-order chi connectivity index (χ0) is 25.8. The normalized spacial score (nSPS) is 41.6. The van der Waals surface area contributed by atoms with Gasteiger partial charge < -0.3 is 19.3 Å². The number of hydrogen-bond donors (Lipinski definition) is 1. The molecule has 0 spiro atoms. The van der Waals surface area contributed by atoms with Crippen molar-refractivity contribution in [3.63, 3.8) is 0 Å². The summed E-state index contributed by atoms with van der Waals surface area (Å²) in [4.78, 5) is 22.0. The lowest BCUT2D eigenvalue weighted by molar-refractivity contribution is -0.176. The van der Waals surface area contributed by atoms with Crippen LogP contribution in [-0.2, 0) is 4.84 Å². The molecule has 0 aromatic carbocycles. The number of aliphatic hydroxyl groups is 1. The van der Waals surface area contributed by atoms with Crippen molar-refractivity contribution in [2.45, 2.75) is 76.7 Å². The van der Waals surface area contributed by atoms with Crippen molar-refractivity contribution >= 4 is 5.71 Å². The van der Waals surface area contributed by atoms with E-state index in [9.17, 15) is 9.90 Å². The topological polar surface area (TPSA) is 78.5 Å². The Kier molecular flexibility index (Phi) is 6.40. The molecule has 4 aliphatic carbocycles. The third-order valence-corrected chi connectivity index (χ3v) is 11.3. The molecule has 1 aromatic heterocycles. The summed E-state index contributed by atoms with van der Waals surface area (Å²) in [6, 6.07) is 3.44. The van der Waals surface area contributed by atoms with Gasteiger partial charge in [0, 0.05) is 37.7 Å². The fourth-order valence-corrected chi connectivity index (χ4v) is 8.88. The van der Waals surface area contributed by atoms with Crippen molar-refractivity contribution in [1.82, 2.24) is 9.80 Å². The van der Waals surface area contributed by atoms with Crippen LogP contribution in [0.4, 0.5) is 0 Å². The maximum absolute atomic E-state index is 12.4. The Hall–Kier alpha value is -1.96. The molecule has 5 aliphatic rings. The zero-order valence-corrected chi connectivity index (χ0v) is 22.7. The number of hydrogen-bond acceptors (Lipinski definition) is 7. The molecule has 7 nitrogen and oxygen atoms in total. The first-order chi connectivity index (χ1) is 17.7. The van der Waals surface area contributed by atoms with Gasteiger partial charge in [0.05, 0.1) is 17.6 Å². The molecule has 202 valence electrons. The Morgan fingerprint density at radius 2 is 1.86 bits per heavy atom. The second-order valence-electron chi connectivity index (χ2n) is 13.0. The summed E-state index contributed by atoms with van der Waals surface area (Å²) in [5.41, 5.74) is 2.59. The van der Waals surface area contributed by atoms with Crippen LogP contribution in [0, 0.1) is 22.7 Å². The molecule has 0 amide bonds. The Morgan fingerprint density at radius 1 is 1.05 bits per heavy atom. The number of likely N-dealkylation sites (N-methyl/N-ethyl adjacent to an activating group) is 1. The van der Waals surface area contributed by atoms with Gasteiger partial charge in [-0.15, -0.1) is 0 Å². The average molecular weight is 510 g/mol. The highest BCUT2D eigenvalue weighted by Crippen LogP contribution is 2.69. The van der Waals surface area contributed by atoms with Gasteiger partial charge in [-0.25, -0.2) is 4.79 Å². The molecule has 3 saturated carbocycles. The quantitative estimate of drug-likeness (QED) is 0.607. The monoisotopic (exact) mass is 509 g/mol. The molecule has 0 bridgehead atoms. The van der Waals surface area contributed by atoms with Crippen molar-refractivity contribution in [3.05, 3.63) is 46.0 Å². The SMILES string of the molecule is CN1CCN(CO/N=C2/C=C3CCC4[C@H](CC[C@]5(C)[C@@H](c6ccc(=O)oc6)CC[C@]45O)C3(C)CC2)CC1. The first-order valence-corrected chi connectivity index (χ1v) is 14.3. The van der Waals surface area contributed by atoms with E-state index in [-0.39, 0.29) is 22.4 Å². The van der Waals surface area contributed by atoms with Crippen LogP contribution in [-0.4, -0.2) is 66.2 Å². The number of piperazine rings is 1. The fourth-order valence-electron chi connectivity index (χ4n) is 8.88. The first kappa shape index (κ1) is 25.3. The van der Waals surface area contributed by atoms with Crippen LogP contribution in [0.1, 0.15) is 76.7 Å². The van der Waals surface area contributed by atoms with Gasteiger partial charge in [-0.2, -0.15) is 0 Å². The largest absolute Gasteiger partial charge is 0.431 e. The highest BCUT2D eigenvalue weighted by Gasteiger charge is 2.66. The van der Waals surface area contributed by atoms with E-state index in [1.54, 1.807) is 6.26 Å². The van der Waals surface area contributed by atoms with Crippen LogP contribution in [0.15, 0.2) is 44.4 Å². The van der Waals surface area contributed by atoms with Gasteiger partial charge in [0.25, 0.3) is 0 Å². The summed E-state index contributed by atoms with van der Waals surface area (Å²) in [6.45, 7) is 9.54. The minimum Gasteiger partial charge on any atom is -0.431 e. The predicted octanol–water partition coefficient (Wildman–Crippen LogP) is 4.38. The Labute approximate surface area is 220 Å². The molecular formula is C30H43N3O4. The van der Waals surface area contributed by atoms with Crippen LogP contribution in [0.25, 0.3) is 0 Å². The smallest absolute Gasteiger partial charge is 0.335 e. The summed E-state index contributed by atoms with van der Waals surface area (Å²) in [7, 11) is 2.17. The van der Waals surface area contributed by atoms with E-state index >= 15 is 0 Å². The maximum atomic E-state index is 12.4. The van der Waals surface area contributed by atoms with E-state index < -0.39 is 5.60 Å². The number of fused-ring (bicyclic) bond motifs is 5. The van der Waals surface area contributed by atoms with Crippen molar-refractivity contribution in [2.75, 3.05) is 40.0 Å². The maximum Gasteiger partial charge on any atom is 0.335 e. The first-order valence-electron chi connectivity index (χ1n) is 14.3. The molecule has 1 N–H and O–H groups in total. The minimum atomic E-state index is -0.675. The Morgan fingerprint density at radius 3 is 2.62 bits per heavy atom. The molecule has 2 heterocycles. The minimum absolute atomic E-state index is 0.119. The summed E-state index contributed by atoms with van der Waals surface area (Å²) in [5, 5.41) is 17.0. The van der Waals surface area contributed by atoms with Crippen LogP contribution in [0.5, 0.6) is 0 Å². The third-order valence-electron chi connectivity index (χ3n) is 11.3. The van der Waals surface area contributed by atoms with E-state index in [0.717, 1.165) is 88.8 Å². The van der Waals surface area contributed by atoms with Gasteiger partial charge in [-0.1, -0.05) is 24.6 Å². The van der Waals surface area contributed by atoms with Crippen molar-refractivity contribution in [3.8, 4) is 0 Å². The van der Waals surface area contributed by atoms with Crippen molar-refractivity contribution < 1.29 is 14.4 Å². The fraction of sp³-hybridized carbons (Fsp3) is 0.733. The molecule has 6 atom stereocenters. The van der Waals surface area contributed by atoms with E-state index in [1.165, 1.54) is 11.6 Å². The predicted molar refractivity (Wildman–Crippen MR) is 143 cm³/mol. The number of rotatable bonds is 4. The standard InChI is InChI=1S/C30H43N3O4/c1-28-11-8-23(31-37-20-33-16-14-32(3)15-17-33)18-22(28)5-6-26-25(28)9-12-29(2)24(10-13-30(26,29)35)21-4-7-27(34)36-19-21/h4,7,18-19,24-26,35H,5-6,8-17,20H2,1-3H3/b31-23+/t24-,25+,26?,28?,29-,30+/m1/s1. The Balaban J connectivity index is 1.17. The van der Waals surface area contributed by atoms with Gasteiger partial charge >= 0.3 is 5.63 Å². The molecule has 37 heavy (non-hydrogen) atoms. The molecule has 0 radical (unpaired) electrons. The van der Waals surface area contributed by atoms with Crippen LogP contribution >= 0.6 is 0 Å². The van der Waals surface area contributed by atoms with Crippen molar-refractivity contribution in [2.24, 2.45) is 27.8 Å². The summed E-state index contributed by atoms with van der Waals surface area (Å²) in [5.74, 6) is 1.03. The lowest BCUT2D eigenvalue weighted by Crippen LogP contribution is -2.60. The molecule has 1 aliphatic heterocycles. The molecule has 4 fully saturated rings. The van der Waals surface area contributed by atoms with Crippen molar-refractivity contribution in [1.29, 1.82) is 0 Å². The van der Waals surface area contributed by atoms with E-state index in [4.69, 9.17) is 9.25 Å². The van der Waals surface area contributed by atoms with Crippen LogP contribution in [0.2, 0.25) is 0 Å². The lowest BCUT2D eigenvalue weighted by atomic mass is 9.45. The van der Waals surface area contributed by atoms with E-state index in [1.807, 2.05) is 6.07 Å². The van der Waals surface area contributed by atoms with E-state index in [0.29, 0.717) is 18.6 Å². The number of allylic oxidation sites excluding steroid dienone is 2. The van der Waals surface area contributed by atoms with Gasteiger partial charge in [0.1, 0.15) is 0 Å². The summed E-state index contributed by atoms with van der Waals surface area (Å²) in [6.07, 6.45) is 12.0. The average Bonchev–Trinajstić information content (AvgIpc) is 3.17. The number of nitrogens with zero attached hydrogens (tertiary/aromatic N) is 3. The van der Waals surface area contributed by atoms with Gasteiger partial charge in [0.15, 0.2) is 6.73 Å². The molecule has 6 rings (SSSR count). The van der Waals surface area contributed by atoms with Gasteiger partial charge in [-0.05, 0) is 99.3 Å². The second kappa shape index (κ2) is 9.35. The lowest BCUT2D eigenvalue weighted by Gasteiger charge is -2.61. The number of oxime groups is 1. The zero-order valence-electron chi connectivity index (χ0n) is 22.7. The van der Waals surface area contributed by atoms with E-state index in [2.05, 4.69) is 41.9 Å². The molecule has 2 unspecified atom stereocenters. The third kappa shape index (κ3) is 4.12. The highest BCUT2D eigenvalue weighted by atomic mass is 16.6. The summed E-state index contributed by atoms with van der Waals surface area (Å²) < 4.78 is 5.23. The summed E-state index contributed by atoms with van der Waals surface area (Å²) >= 11 is 0. The highest BCUT2D eigenvalue weighted by molar-refractivity contribution is 5.96. The van der Waals surface area contributed by atoms with Crippen LogP contribution in [0.3, 0.4) is 0 Å². The van der Waals surface area contributed by atoms with Gasteiger partial charge in [0.2, 0.25) is 0 Å². The molecule has 7 heteroatoms.